The van der Waals surface area contributed by atoms with E-state index in [4.69, 9.17) is 16.3 Å². The van der Waals surface area contributed by atoms with Crippen molar-refractivity contribution >= 4 is 17.6 Å². The number of rotatable bonds is 7. The molecule has 1 atom stereocenters. The molecule has 0 aliphatic carbocycles. The SMILES string of the molecule is CCN(CC)CC(O)COC(=O)c1ccc(Cl)cc1. The van der Waals surface area contributed by atoms with E-state index in [1.54, 1.807) is 24.3 Å². The van der Waals surface area contributed by atoms with E-state index in [1.807, 2.05) is 13.8 Å². The molecule has 0 saturated carbocycles. The Morgan fingerprint density at radius 2 is 1.89 bits per heavy atom. The highest BCUT2D eigenvalue weighted by Crippen LogP contribution is 2.10. The Kier molecular flexibility index (Phi) is 6.84. The maximum absolute atomic E-state index is 11.7. The zero-order chi connectivity index (χ0) is 14.3. The second kappa shape index (κ2) is 8.15. The van der Waals surface area contributed by atoms with Crippen LogP contribution >= 0.6 is 11.6 Å². The van der Waals surface area contributed by atoms with Crippen molar-refractivity contribution < 1.29 is 14.6 Å². The maximum Gasteiger partial charge on any atom is 0.338 e. The summed E-state index contributed by atoms with van der Waals surface area (Å²) in [6, 6.07) is 6.46. The van der Waals surface area contributed by atoms with Gasteiger partial charge in [-0.3, -0.25) is 0 Å². The summed E-state index contributed by atoms with van der Waals surface area (Å²) >= 11 is 5.74. The van der Waals surface area contributed by atoms with Crippen LogP contribution in [0.3, 0.4) is 0 Å². The van der Waals surface area contributed by atoms with Crippen molar-refractivity contribution in [1.82, 2.24) is 4.90 Å². The van der Waals surface area contributed by atoms with Gasteiger partial charge in [0.25, 0.3) is 0 Å². The molecule has 0 saturated heterocycles. The zero-order valence-electron chi connectivity index (χ0n) is 11.3. The van der Waals surface area contributed by atoms with E-state index in [1.165, 1.54) is 0 Å². The highest BCUT2D eigenvalue weighted by atomic mass is 35.5. The molecule has 1 aromatic carbocycles. The van der Waals surface area contributed by atoms with E-state index in [-0.39, 0.29) is 6.61 Å². The molecule has 1 N–H and O–H groups in total. The van der Waals surface area contributed by atoms with E-state index in [0.29, 0.717) is 17.1 Å². The normalized spacial score (nSPS) is 12.5. The first kappa shape index (κ1) is 16.0. The predicted octanol–water partition coefficient (Wildman–Crippen LogP) is 2.20. The van der Waals surface area contributed by atoms with Crippen molar-refractivity contribution in [2.45, 2.75) is 20.0 Å². The van der Waals surface area contributed by atoms with E-state index in [9.17, 15) is 9.90 Å². The van der Waals surface area contributed by atoms with E-state index < -0.39 is 12.1 Å². The molecule has 0 heterocycles. The predicted molar refractivity (Wildman–Crippen MR) is 75.5 cm³/mol. The van der Waals surface area contributed by atoms with Gasteiger partial charge in [-0.25, -0.2) is 4.79 Å². The van der Waals surface area contributed by atoms with E-state index in [2.05, 4.69) is 4.90 Å². The summed E-state index contributed by atoms with van der Waals surface area (Å²) in [5, 5.41) is 10.3. The van der Waals surface area contributed by atoms with Crippen LogP contribution in [-0.2, 0) is 4.74 Å². The van der Waals surface area contributed by atoms with Crippen molar-refractivity contribution in [3.05, 3.63) is 34.9 Å². The Labute approximate surface area is 118 Å². The number of aliphatic hydroxyl groups excluding tert-OH is 1. The summed E-state index contributed by atoms with van der Waals surface area (Å²) in [4.78, 5) is 13.8. The smallest absolute Gasteiger partial charge is 0.338 e. The molecule has 0 radical (unpaired) electrons. The first-order chi connectivity index (χ1) is 9.06. The van der Waals surface area contributed by atoms with Crippen LogP contribution < -0.4 is 0 Å². The number of halogens is 1. The first-order valence-corrected chi connectivity index (χ1v) is 6.77. The quantitative estimate of drug-likeness (QED) is 0.780. The fraction of sp³-hybridized carbons (Fsp3) is 0.500. The maximum atomic E-state index is 11.7. The van der Waals surface area contributed by atoms with Gasteiger partial charge >= 0.3 is 5.97 Å². The number of hydrogen-bond acceptors (Lipinski definition) is 4. The zero-order valence-corrected chi connectivity index (χ0v) is 12.1. The molecular formula is C14H20ClNO3. The van der Waals surface area contributed by atoms with Crippen molar-refractivity contribution in [3.8, 4) is 0 Å². The van der Waals surface area contributed by atoms with Gasteiger partial charge in [0.2, 0.25) is 0 Å². The van der Waals surface area contributed by atoms with Crippen LogP contribution in [0.15, 0.2) is 24.3 Å². The monoisotopic (exact) mass is 285 g/mol. The number of carbonyl (C=O) groups excluding carboxylic acids is 1. The lowest BCUT2D eigenvalue weighted by atomic mass is 10.2. The molecule has 0 bridgehead atoms. The average Bonchev–Trinajstić information content (AvgIpc) is 2.43. The summed E-state index contributed by atoms with van der Waals surface area (Å²) in [7, 11) is 0. The fourth-order valence-corrected chi connectivity index (χ4v) is 1.80. The summed E-state index contributed by atoms with van der Waals surface area (Å²) in [6.07, 6.45) is -0.670. The Balaban J connectivity index is 2.39. The van der Waals surface area contributed by atoms with Crippen molar-refractivity contribution in [1.29, 1.82) is 0 Å². The topological polar surface area (TPSA) is 49.8 Å². The van der Waals surface area contributed by atoms with Crippen LogP contribution in [0.5, 0.6) is 0 Å². The third-order valence-electron chi connectivity index (χ3n) is 2.85. The number of ether oxygens (including phenoxy) is 1. The minimum atomic E-state index is -0.670. The number of carbonyl (C=O) groups is 1. The van der Waals surface area contributed by atoms with Gasteiger partial charge in [0, 0.05) is 11.6 Å². The number of nitrogens with zero attached hydrogens (tertiary/aromatic N) is 1. The minimum Gasteiger partial charge on any atom is -0.459 e. The molecule has 1 rings (SSSR count). The lowest BCUT2D eigenvalue weighted by Crippen LogP contribution is -2.35. The largest absolute Gasteiger partial charge is 0.459 e. The number of benzene rings is 1. The number of aliphatic hydroxyl groups is 1. The third kappa shape index (κ3) is 5.59. The molecule has 4 nitrogen and oxygen atoms in total. The Morgan fingerprint density at radius 1 is 1.32 bits per heavy atom. The lowest BCUT2D eigenvalue weighted by molar-refractivity contribution is 0.0166. The molecule has 1 unspecified atom stereocenters. The Bertz CT molecular complexity index is 390. The Hall–Kier alpha value is -1.10. The number of esters is 1. The lowest BCUT2D eigenvalue weighted by Gasteiger charge is -2.21. The van der Waals surface area contributed by atoms with Crippen LogP contribution in [0.1, 0.15) is 24.2 Å². The second-order valence-corrected chi connectivity index (χ2v) is 4.68. The van der Waals surface area contributed by atoms with Crippen molar-refractivity contribution in [2.75, 3.05) is 26.2 Å². The summed E-state index contributed by atoms with van der Waals surface area (Å²) in [5.74, 6) is -0.449. The molecule has 5 heteroatoms. The molecule has 0 aliphatic rings. The van der Waals surface area contributed by atoms with Crippen molar-refractivity contribution in [3.63, 3.8) is 0 Å². The minimum absolute atomic E-state index is 0.00202. The summed E-state index contributed by atoms with van der Waals surface area (Å²) in [6.45, 7) is 6.27. The highest BCUT2D eigenvalue weighted by Gasteiger charge is 2.13. The molecule has 0 aliphatic heterocycles. The number of hydrogen-bond donors (Lipinski definition) is 1. The molecular weight excluding hydrogens is 266 g/mol. The van der Waals surface area contributed by atoms with Crippen LogP contribution in [0.4, 0.5) is 0 Å². The molecule has 1 aromatic rings. The van der Waals surface area contributed by atoms with Gasteiger partial charge < -0.3 is 14.7 Å². The van der Waals surface area contributed by atoms with Gasteiger partial charge in [0.05, 0.1) is 5.56 Å². The number of likely N-dealkylation sites (N-methyl/N-ethyl adjacent to an activating group) is 1. The Morgan fingerprint density at radius 3 is 2.42 bits per heavy atom. The van der Waals surface area contributed by atoms with Gasteiger partial charge in [-0.2, -0.15) is 0 Å². The third-order valence-corrected chi connectivity index (χ3v) is 3.10. The molecule has 19 heavy (non-hydrogen) atoms. The summed E-state index contributed by atoms with van der Waals surface area (Å²) < 4.78 is 5.06. The van der Waals surface area contributed by atoms with Crippen LogP contribution in [-0.4, -0.2) is 48.3 Å². The van der Waals surface area contributed by atoms with Gasteiger partial charge in [0.1, 0.15) is 12.7 Å². The molecule has 106 valence electrons. The van der Waals surface area contributed by atoms with Gasteiger partial charge in [0.15, 0.2) is 0 Å². The standard InChI is InChI=1S/C14H20ClNO3/c1-3-16(4-2)9-13(17)10-19-14(18)11-5-7-12(15)8-6-11/h5-8,13,17H,3-4,9-10H2,1-2H3. The van der Waals surface area contributed by atoms with Gasteiger partial charge in [-0.15, -0.1) is 0 Å². The second-order valence-electron chi connectivity index (χ2n) is 4.25. The first-order valence-electron chi connectivity index (χ1n) is 6.39. The van der Waals surface area contributed by atoms with Crippen LogP contribution in [0.2, 0.25) is 5.02 Å². The van der Waals surface area contributed by atoms with Crippen molar-refractivity contribution in [2.24, 2.45) is 0 Å². The molecule has 0 aromatic heterocycles. The summed E-state index contributed by atoms with van der Waals surface area (Å²) in [5.41, 5.74) is 0.430. The van der Waals surface area contributed by atoms with Crippen LogP contribution in [0.25, 0.3) is 0 Å². The average molecular weight is 286 g/mol. The fourth-order valence-electron chi connectivity index (χ4n) is 1.67. The molecule has 0 fully saturated rings. The highest BCUT2D eigenvalue weighted by molar-refractivity contribution is 6.30. The van der Waals surface area contributed by atoms with E-state index in [0.717, 1.165) is 13.1 Å². The van der Waals surface area contributed by atoms with E-state index >= 15 is 0 Å². The molecule has 0 spiro atoms. The van der Waals surface area contributed by atoms with Gasteiger partial charge in [-0.1, -0.05) is 25.4 Å². The van der Waals surface area contributed by atoms with Crippen LogP contribution in [0, 0.1) is 0 Å². The van der Waals surface area contributed by atoms with Gasteiger partial charge in [-0.05, 0) is 37.4 Å². The molecule has 0 amide bonds.